The zero-order chi connectivity index (χ0) is 9.19. The molecule has 1 unspecified atom stereocenters. The number of aliphatic hydroxyl groups excluding tert-OH is 1. The van der Waals surface area contributed by atoms with Crippen molar-refractivity contribution in [3.63, 3.8) is 0 Å². The number of halogens is 1. The van der Waals surface area contributed by atoms with Gasteiger partial charge in [0.25, 0.3) is 0 Å². The molecule has 0 aromatic carbocycles. The van der Waals surface area contributed by atoms with Crippen LogP contribution < -0.4 is 0 Å². The Balaban J connectivity index is 2.78. The molecule has 0 aliphatic carbocycles. The molecule has 1 fully saturated rings. The first kappa shape index (κ1) is 9.68. The molecule has 1 saturated heterocycles. The van der Waals surface area contributed by atoms with Crippen LogP contribution in [0.15, 0.2) is 11.9 Å². The molecule has 12 heavy (non-hydrogen) atoms. The van der Waals surface area contributed by atoms with Crippen molar-refractivity contribution in [1.82, 2.24) is 4.90 Å². The maximum atomic E-state index is 12.4. The molecule has 70 valence electrons. The molecule has 1 aliphatic rings. The van der Waals surface area contributed by atoms with E-state index in [0.717, 1.165) is 25.1 Å². The lowest BCUT2D eigenvalue weighted by molar-refractivity contribution is 0.102. The molecule has 1 rings (SSSR count). The lowest BCUT2D eigenvalue weighted by atomic mass is 9.79. The Labute approximate surface area is 72.7 Å². The van der Waals surface area contributed by atoms with Crippen molar-refractivity contribution in [3.8, 4) is 0 Å². The van der Waals surface area contributed by atoms with Gasteiger partial charge in [0, 0.05) is 18.5 Å². The zero-order valence-corrected chi connectivity index (χ0v) is 7.68. The van der Waals surface area contributed by atoms with Crippen LogP contribution in [0.5, 0.6) is 0 Å². The Hall–Kier alpha value is -0.410. The molecular formula is C9H16FNO. The van der Waals surface area contributed by atoms with E-state index in [1.165, 1.54) is 0 Å². The number of likely N-dealkylation sites (tertiary alicyclic amines) is 1. The first-order chi connectivity index (χ1) is 5.62. The van der Waals surface area contributed by atoms with Crippen LogP contribution in [0.25, 0.3) is 0 Å². The minimum Gasteiger partial charge on any atom is -0.395 e. The van der Waals surface area contributed by atoms with Gasteiger partial charge in [-0.1, -0.05) is 6.92 Å². The predicted molar refractivity (Wildman–Crippen MR) is 46.5 cm³/mol. The summed E-state index contributed by atoms with van der Waals surface area (Å²) in [4.78, 5) is 2.11. The van der Waals surface area contributed by atoms with E-state index in [1.54, 1.807) is 0 Å². The van der Waals surface area contributed by atoms with Gasteiger partial charge in [0.2, 0.25) is 0 Å². The van der Waals surface area contributed by atoms with Crippen molar-refractivity contribution in [2.24, 2.45) is 5.41 Å². The van der Waals surface area contributed by atoms with Gasteiger partial charge < -0.3 is 10.0 Å². The highest BCUT2D eigenvalue weighted by Crippen LogP contribution is 2.33. The van der Waals surface area contributed by atoms with Crippen LogP contribution in [0.4, 0.5) is 4.39 Å². The molecule has 0 saturated carbocycles. The molecule has 1 aliphatic heterocycles. The maximum absolute atomic E-state index is 12.4. The third kappa shape index (κ3) is 1.67. The molecule has 3 heteroatoms. The second-order valence-electron chi connectivity index (χ2n) is 3.84. The fraction of sp³-hybridized carbons (Fsp3) is 0.778. The molecule has 1 heterocycles. The summed E-state index contributed by atoms with van der Waals surface area (Å²) in [6.07, 6.45) is 1.38. The molecule has 0 spiro atoms. The van der Waals surface area contributed by atoms with Crippen LogP contribution in [0.1, 0.15) is 13.3 Å². The van der Waals surface area contributed by atoms with Crippen LogP contribution in [-0.4, -0.2) is 36.8 Å². The van der Waals surface area contributed by atoms with Gasteiger partial charge in [-0.3, -0.25) is 0 Å². The Morgan fingerprint density at radius 3 is 2.92 bits per heavy atom. The van der Waals surface area contributed by atoms with Crippen LogP contribution in [0, 0.1) is 5.41 Å². The zero-order valence-electron chi connectivity index (χ0n) is 7.68. The minimum absolute atomic E-state index is 0.0209. The molecule has 0 aromatic heterocycles. The second-order valence-corrected chi connectivity index (χ2v) is 3.84. The quantitative estimate of drug-likeness (QED) is 0.643. The SMILES string of the molecule is CN1CC/C(=C/F)C(C)(CO)C1. The van der Waals surface area contributed by atoms with E-state index in [9.17, 15) is 4.39 Å². The predicted octanol–water partition coefficient (Wildman–Crippen LogP) is 1.17. The highest BCUT2D eigenvalue weighted by Gasteiger charge is 2.33. The van der Waals surface area contributed by atoms with Gasteiger partial charge in [0.05, 0.1) is 12.9 Å². The number of piperidine rings is 1. The summed E-state index contributed by atoms with van der Waals surface area (Å²) in [6, 6.07) is 0. The summed E-state index contributed by atoms with van der Waals surface area (Å²) < 4.78 is 12.4. The lowest BCUT2D eigenvalue weighted by Gasteiger charge is -2.39. The van der Waals surface area contributed by atoms with Gasteiger partial charge in [-0.25, -0.2) is 4.39 Å². The van der Waals surface area contributed by atoms with E-state index in [-0.39, 0.29) is 12.0 Å². The van der Waals surface area contributed by atoms with Crippen molar-refractivity contribution in [1.29, 1.82) is 0 Å². The molecule has 0 radical (unpaired) electrons. The number of hydrogen-bond donors (Lipinski definition) is 1. The highest BCUT2D eigenvalue weighted by molar-refractivity contribution is 5.15. The third-order valence-electron chi connectivity index (χ3n) is 2.64. The van der Waals surface area contributed by atoms with E-state index in [2.05, 4.69) is 4.90 Å². The van der Waals surface area contributed by atoms with Gasteiger partial charge in [-0.05, 0) is 19.0 Å². The summed E-state index contributed by atoms with van der Waals surface area (Å²) >= 11 is 0. The average Bonchev–Trinajstić information content (AvgIpc) is 2.05. The normalized spacial score (nSPS) is 35.8. The minimum atomic E-state index is -0.373. The van der Waals surface area contributed by atoms with Crippen LogP contribution in [0.2, 0.25) is 0 Å². The summed E-state index contributed by atoms with van der Waals surface area (Å²) in [6.45, 7) is 3.53. The third-order valence-corrected chi connectivity index (χ3v) is 2.64. The second kappa shape index (κ2) is 3.54. The highest BCUT2D eigenvalue weighted by atomic mass is 19.1. The van der Waals surface area contributed by atoms with Crippen molar-refractivity contribution < 1.29 is 9.50 Å². The molecule has 0 amide bonds. The first-order valence-corrected chi connectivity index (χ1v) is 4.21. The molecule has 0 aromatic rings. The summed E-state index contributed by atoms with van der Waals surface area (Å²) in [5.74, 6) is 0. The van der Waals surface area contributed by atoms with E-state index in [4.69, 9.17) is 5.11 Å². The van der Waals surface area contributed by atoms with Crippen molar-refractivity contribution in [3.05, 3.63) is 11.9 Å². The van der Waals surface area contributed by atoms with Crippen LogP contribution >= 0.6 is 0 Å². The van der Waals surface area contributed by atoms with Gasteiger partial charge in [-0.2, -0.15) is 0 Å². The van der Waals surface area contributed by atoms with Gasteiger partial charge in [0.1, 0.15) is 0 Å². The Kier molecular flexibility index (Phi) is 2.85. The first-order valence-electron chi connectivity index (χ1n) is 4.21. The standard InChI is InChI=1S/C9H16FNO/c1-9(7-12)6-11(2)4-3-8(9)5-10/h5,12H,3-4,6-7H2,1-2H3/b8-5-. The van der Waals surface area contributed by atoms with E-state index in [0.29, 0.717) is 6.33 Å². The van der Waals surface area contributed by atoms with Gasteiger partial charge >= 0.3 is 0 Å². The van der Waals surface area contributed by atoms with Gasteiger partial charge in [-0.15, -0.1) is 0 Å². The van der Waals surface area contributed by atoms with Crippen molar-refractivity contribution >= 4 is 0 Å². The Bertz CT molecular complexity index is 193. The molecule has 2 nitrogen and oxygen atoms in total. The van der Waals surface area contributed by atoms with Gasteiger partial charge in [0.15, 0.2) is 0 Å². The molecule has 1 atom stereocenters. The molecule has 0 bridgehead atoms. The molecule has 1 N–H and O–H groups in total. The average molecular weight is 173 g/mol. The van der Waals surface area contributed by atoms with E-state index >= 15 is 0 Å². The fourth-order valence-corrected chi connectivity index (χ4v) is 1.73. The fourth-order valence-electron chi connectivity index (χ4n) is 1.73. The number of rotatable bonds is 1. The number of aliphatic hydroxyl groups is 1. The van der Waals surface area contributed by atoms with E-state index < -0.39 is 0 Å². The number of nitrogens with zero attached hydrogens (tertiary/aromatic N) is 1. The summed E-state index contributed by atoms with van der Waals surface area (Å²) in [5.41, 5.74) is 0.366. The summed E-state index contributed by atoms with van der Waals surface area (Å²) in [5, 5.41) is 9.14. The monoisotopic (exact) mass is 173 g/mol. The molecular weight excluding hydrogens is 157 g/mol. The van der Waals surface area contributed by atoms with Crippen LogP contribution in [-0.2, 0) is 0 Å². The lowest BCUT2D eigenvalue weighted by Crippen LogP contribution is -2.43. The largest absolute Gasteiger partial charge is 0.395 e. The van der Waals surface area contributed by atoms with Crippen LogP contribution in [0.3, 0.4) is 0 Å². The maximum Gasteiger partial charge on any atom is 0.0866 e. The Morgan fingerprint density at radius 2 is 2.42 bits per heavy atom. The van der Waals surface area contributed by atoms with E-state index in [1.807, 2.05) is 14.0 Å². The number of hydrogen-bond acceptors (Lipinski definition) is 2. The van der Waals surface area contributed by atoms with Crippen molar-refractivity contribution in [2.75, 3.05) is 26.7 Å². The topological polar surface area (TPSA) is 23.5 Å². The summed E-state index contributed by atoms with van der Waals surface area (Å²) in [7, 11) is 1.99. The Morgan fingerprint density at radius 1 is 1.75 bits per heavy atom. The van der Waals surface area contributed by atoms with Crippen molar-refractivity contribution in [2.45, 2.75) is 13.3 Å². The smallest absolute Gasteiger partial charge is 0.0866 e.